The number of hydrogen-bond donors (Lipinski definition) is 2. The molecule has 0 saturated heterocycles. The molecule has 5 nitrogen and oxygen atoms in total. The van der Waals surface area contributed by atoms with Crippen LogP contribution in [0.4, 0.5) is 4.39 Å². The van der Waals surface area contributed by atoms with E-state index in [1.165, 1.54) is 18.2 Å². The van der Waals surface area contributed by atoms with Crippen LogP contribution >= 0.6 is 0 Å². The van der Waals surface area contributed by atoms with Gasteiger partial charge in [-0.05, 0) is 18.2 Å². The van der Waals surface area contributed by atoms with Gasteiger partial charge in [-0.15, -0.1) is 0 Å². The van der Waals surface area contributed by atoms with E-state index < -0.39 is 5.82 Å². The molecule has 0 aliphatic carbocycles. The van der Waals surface area contributed by atoms with Crippen LogP contribution in [-0.4, -0.2) is 22.0 Å². The minimum atomic E-state index is -0.447. The summed E-state index contributed by atoms with van der Waals surface area (Å²) in [5, 5.41) is 2.73. The smallest absolute Gasteiger partial charge is 0.252 e. The van der Waals surface area contributed by atoms with E-state index in [4.69, 9.17) is 5.73 Å². The van der Waals surface area contributed by atoms with Crippen molar-refractivity contribution in [1.82, 2.24) is 14.9 Å². The van der Waals surface area contributed by atoms with Crippen LogP contribution in [0.2, 0.25) is 0 Å². The number of carbonyl (C=O) groups excluding carboxylic acids is 1. The highest BCUT2D eigenvalue weighted by Crippen LogP contribution is 2.10. The van der Waals surface area contributed by atoms with Gasteiger partial charge in [0.05, 0.1) is 18.7 Å². The molecule has 108 valence electrons. The van der Waals surface area contributed by atoms with Gasteiger partial charge in [-0.25, -0.2) is 9.37 Å². The number of nitrogens with two attached hydrogens (primary N) is 1. The first kappa shape index (κ1) is 14.8. The average molecular weight is 286 g/mol. The average Bonchev–Trinajstić information content (AvgIpc) is 2.88. The Labute approximate surface area is 122 Å². The highest BCUT2D eigenvalue weighted by Gasteiger charge is 2.11. The highest BCUT2D eigenvalue weighted by atomic mass is 19.1. The number of carbonyl (C=O) groups is 1. The lowest BCUT2D eigenvalue weighted by molar-refractivity contribution is 0.0949. The number of nitrogens with zero attached hydrogens (tertiary/aromatic N) is 2. The molecule has 21 heavy (non-hydrogen) atoms. The minimum absolute atomic E-state index is 0.144. The number of imidazole rings is 1. The predicted molar refractivity (Wildman–Crippen MR) is 76.7 cm³/mol. The fourth-order valence-electron chi connectivity index (χ4n) is 1.79. The Bertz CT molecular complexity index is 712. The zero-order valence-electron chi connectivity index (χ0n) is 11.6. The van der Waals surface area contributed by atoms with Gasteiger partial charge >= 0.3 is 0 Å². The van der Waals surface area contributed by atoms with Crippen molar-refractivity contribution in [3.63, 3.8) is 0 Å². The first-order valence-corrected chi connectivity index (χ1v) is 6.34. The van der Waals surface area contributed by atoms with Crippen molar-refractivity contribution in [1.29, 1.82) is 0 Å². The van der Waals surface area contributed by atoms with E-state index in [1.807, 2.05) is 7.05 Å². The summed E-state index contributed by atoms with van der Waals surface area (Å²) in [7, 11) is 1.84. The second-order valence-corrected chi connectivity index (χ2v) is 4.33. The number of aromatic nitrogens is 2. The predicted octanol–water partition coefficient (Wildman–Crippen LogP) is 0.799. The lowest BCUT2D eigenvalue weighted by Crippen LogP contribution is -2.25. The van der Waals surface area contributed by atoms with E-state index in [-0.39, 0.29) is 19.0 Å². The second kappa shape index (κ2) is 6.68. The van der Waals surface area contributed by atoms with Gasteiger partial charge in [0.1, 0.15) is 11.6 Å². The van der Waals surface area contributed by atoms with E-state index in [9.17, 15) is 9.18 Å². The summed E-state index contributed by atoms with van der Waals surface area (Å²) >= 11 is 0. The lowest BCUT2D eigenvalue weighted by atomic mass is 10.1. The van der Waals surface area contributed by atoms with Crippen molar-refractivity contribution in [2.24, 2.45) is 12.8 Å². The molecule has 0 radical (unpaired) electrons. The summed E-state index contributed by atoms with van der Waals surface area (Å²) in [6.07, 6.45) is 3.44. The summed E-state index contributed by atoms with van der Waals surface area (Å²) in [4.78, 5) is 16.3. The van der Waals surface area contributed by atoms with Gasteiger partial charge < -0.3 is 15.6 Å². The normalized spacial score (nSPS) is 9.86. The summed E-state index contributed by atoms with van der Waals surface area (Å²) < 4.78 is 15.1. The zero-order chi connectivity index (χ0) is 15.2. The van der Waals surface area contributed by atoms with Crippen LogP contribution in [0, 0.1) is 17.7 Å². The van der Waals surface area contributed by atoms with Crippen LogP contribution in [0.15, 0.2) is 30.6 Å². The quantitative estimate of drug-likeness (QED) is 0.820. The van der Waals surface area contributed by atoms with E-state index in [0.29, 0.717) is 11.1 Å². The molecule has 0 aliphatic rings. The molecule has 0 bridgehead atoms. The zero-order valence-corrected chi connectivity index (χ0v) is 11.6. The van der Waals surface area contributed by atoms with Crippen LogP contribution < -0.4 is 11.1 Å². The fourth-order valence-corrected chi connectivity index (χ4v) is 1.79. The van der Waals surface area contributed by atoms with E-state index in [0.717, 1.165) is 5.82 Å². The standard InChI is InChI=1S/C15H15FN4O/c1-20-8-7-18-14(20)10-19-15(21)13-5-4-12(16)9-11(13)3-2-6-17/h4-5,7-9H,6,10,17H2,1H3,(H,19,21). The summed E-state index contributed by atoms with van der Waals surface area (Å²) in [5.74, 6) is 5.26. The number of nitrogens with one attached hydrogen (secondary N) is 1. The van der Waals surface area contributed by atoms with Crippen LogP contribution in [0.3, 0.4) is 0 Å². The Morgan fingerprint density at radius 1 is 1.52 bits per heavy atom. The van der Waals surface area contributed by atoms with Gasteiger partial charge in [0.2, 0.25) is 0 Å². The molecule has 2 aromatic rings. The number of aryl methyl sites for hydroxylation is 1. The van der Waals surface area contributed by atoms with Crippen molar-refractivity contribution in [3.8, 4) is 11.8 Å². The first-order valence-electron chi connectivity index (χ1n) is 6.34. The van der Waals surface area contributed by atoms with Crippen molar-refractivity contribution in [3.05, 3.63) is 53.4 Å². The number of hydrogen-bond acceptors (Lipinski definition) is 3. The topological polar surface area (TPSA) is 72.9 Å². The Hall–Kier alpha value is -2.65. The Balaban J connectivity index is 2.17. The van der Waals surface area contributed by atoms with E-state index in [2.05, 4.69) is 22.1 Å². The highest BCUT2D eigenvalue weighted by molar-refractivity contribution is 5.96. The third kappa shape index (κ3) is 3.68. The monoisotopic (exact) mass is 286 g/mol. The summed E-state index contributed by atoms with van der Waals surface area (Å²) in [6.45, 7) is 0.425. The number of amides is 1. The Kier molecular flexibility index (Phi) is 4.69. The molecular formula is C15H15FN4O. The van der Waals surface area contributed by atoms with E-state index >= 15 is 0 Å². The van der Waals surface area contributed by atoms with Crippen LogP contribution in [0.25, 0.3) is 0 Å². The van der Waals surface area contributed by atoms with Gasteiger partial charge in [0.25, 0.3) is 5.91 Å². The second-order valence-electron chi connectivity index (χ2n) is 4.33. The van der Waals surface area contributed by atoms with Crippen molar-refractivity contribution >= 4 is 5.91 Å². The molecule has 1 heterocycles. The molecule has 1 aromatic carbocycles. The van der Waals surface area contributed by atoms with Crippen molar-refractivity contribution in [2.75, 3.05) is 6.54 Å². The molecule has 2 rings (SSSR count). The SMILES string of the molecule is Cn1ccnc1CNC(=O)c1ccc(F)cc1C#CCN. The van der Waals surface area contributed by atoms with Gasteiger partial charge in [0, 0.05) is 25.0 Å². The first-order chi connectivity index (χ1) is 10.1. The van der Waals surface area contributed by atoms with Gasteiger partial charge in [-0.2, -0.15) is 0 Å². The molecule has 0 saturated carbocycles. The summed E-state index contributed by atoms with van der Waals surface area (Å²) in [5.41, 5.74) is 5.93. The van der Waals surface area contributed by atoms with Crippen LogP contribution in [0.1, 0.15) is 21.7 Å². The maximum absolute atomic E-state index is 13.3. The molecule has 6 heteroatoms. The maximum atomic E-state index is 13.3. The Morgan fingerprint density at radius 2 is 2.33 bits per heavy atom. The molecule has 0 unspecified atom stereocenters. The third-order valence-electron chi connectivity index (χ3n) is 2.88. The number of halogens is 1. The Morgan fingerprint density at radius 3 is 3.00 bits per heavy atom. The maximum Gasteiger partial charge on any atom is 0.252 e. The number of benzene rings is 1. The van der Waals surface area contributed by atoms with Crippen LogP contribution in [-0.2, 0) is 13.6 Å². The summed E-state index contributed by atoms with van der Waals surface area (Å²) in [6, 6.07) is 3.85. The fraction of sp³-hybridized carbons (Fsp3) is 0.200. The molecule has 0 fully saturated rings. The molecule has 0 atom stereocenters. The largest absolute Gasteiger partial charge is 0.345 e. The van der Waals surface area contributed by atoms with Gasteiger partial charge in [-0.3, -0.25) is 4.79 Å². The molecular weight excluding hydrogens is 271 g/mol. The molecule has 0 aliphatic heterocycles. The number of rotatable bonds is 3. The van der Waals surface area contributed by atoms with Crippen molar-refractivity contribution < 1.29 is 9.18 Å². The van der Waals surface area contributed by atoms with Crippen molar-refractivity contribution in [2.45, 2.75) is 6.54 Å². The third-order valence-corrected chi connectivity index (χ3v) is 2.88. The molecule has 1 amide bonds. The lowest BCUT2D eigenvalue weighted by Gasteiger charge is -2.07. The van der Waals surface area contributed by atoms with Gasteiger partial charge in [0.15, 0.2) is 0 Å². The van der Waals surface area contributed by atoms with Gasteiger partial charge in [-0.1, -0.05) is 11.8 Å². The molecule has 1 aromatic heterocycles. The molecule has 3 N–H and O–H groups in total. The molecule has 0 spiro atoms. The minimum Gasteiger partial charge on any atom is -0.345 e. The van der Waals surface area contributed by atoms with Crippen LogP contribution in [0.5, 0.6) is 0 Å². The van der Waals surface area contributed by atoms with E-state index in [1.54, 1.807) is 17.0 Å².